The molecule has 0 bridgehead atoms. The molecule has 0 saturated heterocycles. The van der Waals surface area contributed by atoms with Crippen LogP contribution in [0.3, 0.4) is 0 Å². The second-order valence-electron chi connectivity index (χ2n) is 4.01. The fourth-order valence-electron chi connectivity index (χ4n) is 1.52. The number of nitrogens with one attached hydrogen (secondary N) is 2. The average molecular weight is 297 g/mol. The van der Waals surface area contributed by atoms with E-state index in [1.165, 1.54) is 18.9 Å². The van der Waals surface area contributed by atoms with Gasteiger partial charge < -0.3 is 9.26 Å². The lowest BCUT2D eigenvalue weighted by Gasteiger charge is -2.01. The van der Waals surface area contributed by atoms with Crippen LogP contribution in [0.2, 0.25) is 0 Å². The Kier molecular flexibility index (Phi) is 4.61. The number of aromatic nitrogens is 4. The van der Waals surface area contributed by atoms with Gasteiger partial charge >= 0.3 is 6.01 Å². The van der Waals surface area contributed by atoms with Crippen LogP contribution in [-0.2, 0) is 10.5 Å². The fourth-order valence-corrected chi connectivity index (χ4v) is 2.49. The predicted octanol–water partition coefficient (Wildman–Crippen LogP) is 1.29. The number of methoxy groups -OCH3 is 1. The Labute approximate surface area is 119 Å². The van der Waals surface area contributed by atoms with Crippen molar-refractivity contribution in [2.24, 2.45) is 0 Å². The summed E-state index contributed by atoms with van der Waals surface area (Å²) in [6, 6.07) is 0.184. The van der Waals surface area contributed by atoms with Gasteiger partial charge in [0.25, 0.3) is 0 Å². The van der Waals surface area contributed by atoms with Crippen LogP contribution in [0.4, 0.5) is 5.95 Å². The number of aromatic amines is 1. The molecule has 0 aliphatic rings. The Morgan fingerprint density at radius 2 is 2.30 bits per heavy atom. The Bertz CT molecular complexity index is 575. The van der Waals surface area contributed by atoms with E-state index in [0.717, 1.165) is 17.0 Å². The van der Waals surface area contributed by atoms with E-state index in [0.29, 0.717) is 11.5 Å². The Morgan fingerprint density at radius 3 is 2.90 bits per heavy atom. The number of nitrogens with zero attached hydrogens (tertiary/aromatic N) is 3. The van der Waals surface area contributed by atoms with Gasteiger partial charge in [0, 0.05) is 11.3 Å². The molecule has 9 heteroatoms. The third kappa shape index (κ3) is 3.50. The first kappa shape index (κ1) is 14.4. The number of H-pyrrole nitrogens is 1. The molecule has 20 heavy (non-hydrogen) atoms. The van der Waals surface area contributed by atoms with Crippen molar-refractivity contribution in [1.29, 1.82) is 0 Å². The molecular formula is C11H15N5O3S. The highest BCUT2D eigenvalue weighted by molar-refractivity contribution is 7.99. The van der Waals surface area contributed by atoms with E-state index in [-0.39, 0.29) is 17.9 Å². The summed E-state index contributed by atoms with van der Waals surface area (Å²) < 4.78 is 9.87. The van der Waals surface area contributed by atoms with E-state index in [9.17, 15) is 4.79 Å². The van der Waals surface area contributed by atoms with E-state index in [1.54, 1.807) is 0 Å². The second-order valence-corrected chi connectivity index (χ2v) is 5.00. The van der Waals surface area contributed by atoms with Crippen LogP contribution in [0, 0.1) is 13.8 Å². The lowest BCUT2D eigenvalue weighted by Crippen LogP contribution is -2.15. The number of rotatable bonds is 6. The number of carbonyl (C=O) groups is 1. The lowest BCUT2D eigenvalue weighted by atomic mass is 10.2. The molecule has 0 spiro atoms. The standard InChI is InChI=1S/C11H15N5O3S/c1-6-8(7(2)19-16-6)4-20-5-9(17)12-10-13-11(18-3)15-14-10/h4-5H2,1-3H3,(H2,12,13,14,15,17). The van der Waals surface area contributed by atoms with Gasteiger partial charge in [-0.15, -0.1) is 16.9 Å². The average Bonchev–Trinajstić information content (AvgIpc) is 2.99. The van der Waals surface area contributed by atoms with Gasteiger partial charge in [-0.1, -0.05) is 5.16 Å². The number of thioether (sulfide) groups is 1. The molecule has 0 atom stereocenters. The highest BCUT2D eigenvalue weighted by atomic mass is 32.2. The first-order chi connectivity index (χ1) is 9.60. The minimum Gasteiger partial charge on any atom is -0.466 e. The quantitative estimate of drug-likeness (QED) is 0.827. The molecule has 1 amide bonds. The van der Waals surface area contributed by atoms with Crippen molar-refractivity contribution in [3.05, 3.63) is 17.0 Å². The maximum absolute atomic E-state index is 11.7. The maximum atomic E-state index is 11.7. The van der Waals surface area contributed by atoms with Gasteiger partial charge in [-0.2, -0.15) is 4.98 Å². The van der Waals surface area contributed by atoms with Crippen molar-refractivity contribution in [2.45, 2.75) is 19.6 Å². The van der Waals surface area contributed by atoms with Crippen molar-refractivity contribution < 1.29 is 14.1 Å². The first-order valence-corrected chi connectivity index (χ1v) is 7.01. The van der Waals surface area contributed by atoms with Crippen molar-refractivity contribution in [1.82, 2.24) is 20.3 Å². The summed E-state index contributed by atoms with van der Waals surface area (Å²) >= 11 is 1.47. The van der Waals surface area contributed by atoms with Crippen molar-refractivity contribution in [3.63, 3.8) is 0 Å². The molecule has 0 fully saturated rings. The van der Waals surface area contributed by atoms with Gasteiger partial charge in [-0.3, -0.25) is 10.1 Å². The molecule has 0 unspecified atom stereocenters. The zero-order chi connectivity index (χ0) is 14.5. The summed E-state index contributed by atoms with van der Waals surface area (Å²) in [6.07, 6.45) is 0. The van der Waals surface area contributed by atoms with Crippen LogP contribution in [-0.4, -0.2) is 39.1 Å². The molecule has 0 saturated carbocycles. The van der Waals surface area contributed by atoms with Crippen molar-refractivity contribution >= 4 is 23.6 Å². The molecule has 2 rings (SSSR count). The van der Waals surface area contributed by atoms with Crippen molar-refractivity contribution in [3.8, 4) is 6.01 Å². The minimum absolute atomic E-state index is 0.166. The van der Waals surface area contributed by atoms with E-state index in [4.69, 9.17) is 9.26 Å². The van der Waals surface area contributed by atoms with Crippen LogP contribution in [0.15, 0.2) is 4.52 Å². The van der Waals surface area contributed by atoms with Gasteiger partial charge in [-0.05, 0) is 13.8 Å². The van der Waals surface area contributed by atoms with Crippen LogP contribution in [0.5, 0.6) is 6.01 Å². The van der Waals surface area contributed by atoms with Gasteiger partial charge in [0.15, 0.2) is 0 Å². The first-order valence-electron chi connectivity index (χ1n) is 5.86. The monoisotopic (exact) mass is 297 g/mol. The maximum Gasteiger partial charge on any atom is 0.336 e. The zero-order valence-electron chi connectivity index (χ0n) is 11.4. The van der Waals surface area contributed by atoms with Crippen LogP contribution >= 0.6 is 11.8 Å². The summed E-state index contributed by atoms with van der Waals surface area (Å²) in [5, 5.41) is 12.8. The van der Waals surface area contributed by atoms with E-state index >= 15 is 0 Å². The van der Waals surface area contributed by atoms with Gasteiger partial charge in [-0.25, -0.2) is 5.10 Å². The van der Waals surface area contributed by atoms with E-state index < -0.39 is 0 Å². The molecule has 0 aromatic carbocycles. The van der Waals surface area contributed by atoms with E-state index in [2.05, 4.69) is 25.7 Å². The minimum atomic E-state index is -0.166. The Morgan fingerprint density at radius 1 is 1.50 bits per heavy atom. The summed E-state index contributed by atoms with van der Waals surface area (Å²) in [6.45, 7) is 3.74. The number of anilines is 1. The highest BCUT2D eigenvalue weighted by Gasteiger charge is 2.11. The largest absolute Gasteiger partial charge is 0.466 e. The number of aryl methyl sites for hydroxylation is 2. The van der Waals surface area contributed by atoms with Crippen LogP contribution in [0.1, 0.15) is 17.0 Å². The Hall–Kier alpha value is -2.03. The molecular weight excluding hydrogens is 282 g/mol. The number of amides is 1. The van der Waals surface area contributed by atoms with Crippen LogP contribution in [0.25, 0.3) is 0 Å². The topological polar surface area (TPSA) is 106 Å². The van der Waals surface area contributed by atoms with Gasteiger partial charge in [0.05, 0.1) is 18.6 Å². The summed E-state index contributed by atoms with van der Waals surface area (Å²) in [5.41, 5.74) is 1.89. The summed E-state index contributed by atoms with van der Waals surface area (Å²) in [7, 11) is 1.45. The predicted molar refractivity (Wildman–Crippen MR) is 73.7 cm³/mol. The number of hydrogen-bond acceptors (Lipinski definition) is 7. The third-order valence-corrected chi connectivity index (χ3v) is 3.53. The third-order valence-electron chi connectivity index (χ3n) is 2.57. The van der Waals surface area contributed by atoms with Crippen LogP contribution < -0.4 is 10.1 Å². The number of carbonyl (C=O) groups excluding carboxylic acids is 1. The highest BCUT2D eigenvalue weighted by Crippen LogP contribution is 2.19. The van der Waals surface area contributed by atoms with Crippen molar-refractivity contribution in [2.75, 3.05) is 18.2 Å². The summed E-state index contributed by atoms with van der Waals surface area (Å²) in [5.74, 6) is 1.86. The molecule has 2 aromatic heterocycles. The summed E-state index contributed by atoms with van der Waals surface area (Å²) in [4.78, 5) is 15.6. The normalized spacial score (nSPS) is 10.6. The molecule has 2 N–H and O–H groups in total. The molecule has 8 nitrogen and oxygen atoms in total. The van der Waals surface area contributed by atoms with Gasteiger partial charge in [0.1, 0.15) is 5.76 Å². The molecule has 108 valence electrons. The van der Waals surface area contributed by atoms with Gasteiger partial charge in [0.2, 0.25) is 11.9 Å². The number of hydrogen-bond donors (Lipinski definition) is 2. The number of ether oxygens (including phenoxy) is 1. The zero-order valence-corrected chi connectivity index (χ0v) is 12.2. The second kappa shape index (κ2) is 6.42. The lowest BCUT2D eigenvalue weighted by molar-refractivity contribution is -0.113. The SMILES string of the molecule is COc1n[nH]c(NC(=O)CSCc2c(C)noc2C)n1. The molecule has 0 radical (unpaired) electrons. The smallest absolute Gasteiger partial charge is 0.336 e. The molecule has 2 aromatic rings. The Balaban J connectivity index is 1.78. The molecule has 0 aliphatic heterocycles. The van der Waals surface area contributed by atoms with E-state index in [1.807, 2.05) is 13.8 Å². The molecule has 0 aliphatic carbocycles. The molecule has 2 heterocycles. The fraction of sp³-hybridized carbons (Fsp3) is 0.455.